The van der Waals surface area contributed by atoms with Crippen molar-refractivity contribution in [2.45, 2.75) is 20.0 Å². The molecule has 0 spiro atoms. The quantitative estimate of drug-likeness (QED) is 0.431. The van der Waals surface area contributed by atoms with Gasteiger partial charge in [-0.15, -0.1) is 0 Å². The van der Waals surface area contributed by atoms with Gasteiger partial charge in [-0.2, -0.15) is 0 Å². The number of hydrogen-bond acceptors (Lipinski definition) is 4. The van der Waals surface area contributed by atoms with Gasteiger partial charge in [-0.05, 0) is 12.0 Å². The Morgan fingerprint density at radius 3 is 2.59 bits per heavy atom. The van der Waals surface area contributed by atoms with Crippen LogP contribution in [0.1, 0.15) is 18.9 Å². The molecule has 1 aromatic rings. The molecule has 0 heterocycles. The lowest BCUT2D eigenvalue weighted by Gasteiger charge is -2.10. The van der Waals surface area contributed by atoms with E-state index in [0.29, 0.717) is 6.42 Å². The number of benzene rings is 1. The molecule has 1 atom stereocenters. The molecule has 0 amide bonds. The molecule has 1 rings (SSSR count). The summed E-state index contributed by atoms with van der Waals surface area (Å²) in [5.41, 5.74) is 0.872. The van der Waals surface area contributed by atoms with E-state index in [-0.39, 0.29) is 13.2 Å². The molecule has 5 heteroatoms. The van der Waals surface area contributed by atoms with Crippen molar-refractivity contribution in [1.82, 2.24) is 0 Å². The maximum Gasteiger partial charge on any atom is 0.315 e. The fourth-order valence-corrected chi connectivity index (χ4v) is 1.40. The SMILES string of the molecule is CC[C@@H](C[N+](=O)[O-])C(=O)OCc1ccccc1. The van der Waals surface area contributed by atoms with Crippen LogP contribution < -0.4 is 0 Å². The van der Waals surface area contributed by atoms with Gasteiger partial charge in [0.25, 0.3) is 0 Å². The number of nitro groups is 1. The van der Waals surface area contributed by atoms with Crippen LogP contribution in [0.4, 0.5) is 0 Å². The Hall–Kier alpha value is -1.91. The molecular formula is C12H15NO4. The van der Waals surface area contributed by atoms with Gasteiger partial charge in [-0.25, -0.2) is 0 Å². The Labute approximate surface area is 99.5 Å². The summed E-state index contributed by atoms with van der Waals surface area (Å²) in [6.45, 7) is 1.52. The standard InChI is InChI=1S/C12H15NO4/c1-2-11(8-13(15)16)12(14)17-9-10-6-4-3-5-7-10/h3-7,11H,2,8-9H2,1H3/t11-/m0/s1. The average molecular weight is 237 g/mol. The highest BCUT2D eigenvalue weighted by Crippen LogP contribution is 2.08. The van der Waals surface area contributed by atoms with Crippen molar-refractivity contribution in [3.05, 3.63) is 46.0 Å². The van der Waals surface area contributed by atoms with Gasteiger partial charge in [0.15, 0.2) is 0 Å². The Bertz CT molecular complexity index is 377. The number of nitrogens with zero attached hydrogens (tertiary/aromatic N) is 1. The molecule has 1 aromatic carbocycles. The summed E-state index contributed by atoms with van der Waals surface area (Å²) in [7, 11) is 0. The molecule has 0 N–H and O–H groups in total. The van der Waals surface area contributed by atoms with Crippen LogP contribution >= 0.6 is 0 Å². The lowest BCUT2D eigenvalue weighted by molar-refractivity contribution is -0.486. The molecule has 0 aliphatic rings. The summed E-state index contributed by atoms with van der Waals surface area (Å²) in [6, 6.07) is 9.23. The molecule has 0 saturated carbocycles. The van der Waals surface area contributed by atoms with E-state index in [2.05, 4.69) is 0 Å². The Kier molecular flexibility index (Phi) is 5.13. The van der Waals surface area contributed by atoms with Gasteiger partial charge in [0.2, 0.25) is 6.54 Å². The largest absolute Gasteiger partial charge is 0.460 e. The molecule has 17 heavy (non-hydrogen) atoms. The van der Waals surface area contributed by atoms with Crippen molar-refractivity contribution in [3.63, 3.8) is 0 Å². The molecule has 0 unspecified atom stereocenters. The summed E-state index contributed by atoms with van der Waals surface area (Å²) >= 11 is 0. The van der Waals surface area contributed by atoms with Crippen LogP contribution in [0.3, 0.4) is 0 Å². The van der Waals surface area contributed by atoms with E-state index >= 15 is 0 Å². The van der Waals surface area contributed by atoms with Crippen molar-refractivity contribution in [2.75, 3.05) is 6.54 Å². The van der Waals surface area contributed by atoms with Gasteiger partial charge in [0.05, 0.1) is 0 Å². The van der Waals surface area contributed by atoms with Crippen molar-refractivity contribution in [1.29, 1.82) is 0 Å². The minimum absolute atomic E-state index is 0.161. The van der Waals surface area contributed by atoms with Crippen LogP contribution in [0.5, 0.6) is 0 Å². The first-order chi connectivity index (χ1) is 8.13. The Morgan fingerprint density at radius 1 is 1.41 bits per heavy atom. The monoisotopic (exact) mass is 237 g/mol. The molecule has 0 fully saturated rings. The maximum absolute atomic E-state index is 11.6. The first kappa shape index (κ1) is 13.2. The Morgan fingerprint density at radius 2 is 2.06 bits per heavy atom. The molecule has 92 valence electrons. The van der Waals surface area contributed by atoms with E-state index in [9.17, 15) is 14.9 Å². The molecule has 5 nitrogen and oxygen atoms in total. The highest BCUT2D eigenvalue weighted by molar-refractivity contribution is 5.72. The molecule has 0 bridgehead atoms. The molecule has 0 aromatic heterocycles. The van der Waals surface area contributed by atoms with Crippen LogP contribution in [-0.4, -0.2) is 17.4 Å². The second kappa shape index (κ2) is 6.62. The van der Waals surface area contributed by atoms with E-state index < -0.39 is 16.8 Å². The number of hydrogen-bond donors (Lipinski definition) is 0. The van der Waals surface area contributed by atoms with Crippen molar-refractivity contribution < 1.29 is 14.5 Å². The van der Waals surface area contributed by atoms with Crippen LogP contribution in [0.15, 0.2) is 30.3 Å². The Balaban J connectivity index is 2.45. The van der Waals surface area contributed by atoms with Crippen LogP contribution in [0.25, 0.3) is 0 Å². The van der Waals surface area contributed by atoms with E-state index in [0.717, 1.165) is 5.56 Å². The summed E-state index contributed by atoms with van der Waals surface area (Å²) in [5.74, 6) is -1.17. The van der Waals surface area contributed by atoms with E-state index in [1.807, 2.05) is 30.3 Å². The van der Waals surface area contributed by atoms with Gasteiger partial charge in [0.1, 0.15) is 12.5 Å². The lowest BCUT2D eigenvalue weighted by atomic mass is 10.1. The number of carbonyl (C=O) groups excluding carboxylic acids is 1. The van der Waals surface area contributed by atoms with Crippen molar-refractivity contribution in [2.24, 2.45) is 5.92 Å². The van der Waals surface area contributed by atoms with Gasteiger partial charge >= 0.3 is 5.97 Å². The molecule has 0 aliphatic carbocycles. The van der Waals surface area contributed by atoms with Crippen molar-refractivity contribution in [3.8, 4) is 0 Å². The maximum atomic E-state index is 11.6. The van der Waals surface area contributed by atoms with Gasteiger partial charge in [-0.1, -0.05) is 37.3 Å². The second-order valence-corrected chi connectivity index (χ2v) is 3.71. The summed E-state index contributed by atoms with van der Waals surface area (Å²) in [6.07, 6.45) is 0.411. The fourth-order valence-electron chi connectivity index (χ4n) is 1.40. The molecule has 0 radical (unpaired) electrons. The highest BCUT2D eigenvalue weighted by Gasteiger charge is 2.23. The zero-order valence-corrected chi connectivity index (χ0v) is 9.67. The average Bonchev–Trinajstić information content (AvgIpc) is 2.34. The van der Waals surface area contributed by atoms with Crippen LogP contribution in [0.2, 0.25) is 0 Å². The summed E-state index contributed by atoms with van der Waals surface area (Å²) < 4.78 is 5.04. The van der Waals surface area contributed by atoms with Crippen LogP contribution in [-0.2, 0) is 16.1 Å². The second-order valence-electron chi connectivity index (χ2n) is 3.71. The smallest absolute Gasteiger partial charge is 0.315 e. The predicted molar refractivity (Wildman–Crippen MR) is 61.9 cm³/mol. The number of carbonyl (C=O) groups is 1. The zero-order chi connectivity index (χ0) is 12.7. The third kappa shape index (κ3) is 4.63. The third-order valence-electron chi connectivity index (χ3n) is 2.42. The summed E-state index contributed by atoms with van der Waals surface area (Å²) in [4.78, 5) is 21.4. The molecule has 0 saturated heterocycles. The van der Waals surface area contributed by atoms with Crippen molar-refractivity contribution >= 4 is 5.97 Å². The molecule has 0 aliphatic heterocycles. The lowest BCUT2D eigenvalue weighted by Crippen LogP contribution is -2.24. The fraction of sp³-hybridized carbons (Fsp3) is 0.417. The topological polar surface area (TPSA) is 69.4 Å². The third-order valence-corrected chi connectivity index (χ3v) is 2.42. The van der Waals surface area contributed by atoms with E-state index in [1.165, 1.54) is 0 Å². The predicted octanol–water partition coefficient (Wildman–Crippen LogP) is 2.03. The first-order valence-electron chi connectivity index (χ1n) is 5.45. The van der Waals surface area contributed by atoms with E-state index in [1.54, 1.807) is 6.92 Å². The highest BCUT2D eigenvalue weighted by atomic mass is 16.6. The summed E-state index contributed by atoms with van der Waals surface area (Å²) in [5, 5.41) is 10.3. The number of esters is 1. The molecular weight excluding hydrogens is 222 g/mol. The first-order valence-corrected chi connectivity index (χ1v) is 5.45. The van der Waals surface area contributed by atoms with Crippen LogP contribution in [0, 0.1) is 16.0 Å². The van der Waals surface area contributed by atoms with Gasteiger partial charge in [0, 0.05) is 4.92 Å². The normalized spacial score (nSPS) is 11.8. The minimum atomic E-state index is -0.659. The van der Waals surface area contributed by atoms with E-state index in [4.69, 9.17) is 4.74 Å². The van der Waals surface area contributed by atoms with Gasteiger partial charge < -0.3 is 4.74 Å². The zero-order valence-electron chi connectivity index (χ0n) is 9.67. The number of ether oxygens (including phenoxy) is 1. The number of rotatable bonds is 6. The van der Waals surface area contributed by atoms with Gasteiger partial charge in [-0.3, -0.25) is 14.9 Å². The minimum Gasteiger partial charge on any atom is -0.460 e.